The van der Waals surface area contributed by atoms with E-state index in [4.69, 9.17) is 15.7 Å². The van der Waals surface area contributed by atoms with Gasteiger partial charge < -0.3 is 15.4 Å². The number of nitrogens with two attached hydrogens (primary N) is 1. The summed E-state index contributed by atoms with van der Waals surface area (Å²) in [6.07, 6.45) is 0. The van der Waals surface area contributed by atoms with Gasteiger partial charge in [0.05, 0.1) is 11.6 Å². The van der Waals surface area contributed by atoms with Crippen LogP contribution in [0.15, 0.2) is 91.0 Å². The van der Waals surface area contributed by atoms with Crippen LogP contribution in [0, 0.1) is 18.3 Å². The van der Waals surface area contributed by atoms with Crippen LogP contribution in [0.3, 0.4) is 0 Å². The van der Waals surface area contributed by atoms with Crippen LogP contribution in [0.4, 0.5) is 5.69 Å². The van der Waals surface area contributed by atoms with E-state index in [2.05, 4.69) is 73.5 Å². The quantitative estimate of drug-likeness (QED) is 0.349. The fraction of sp³-hybridized carbons (Fsp3) is 0.167. The van der Waals surface area contributed by atoms with E-state index in [9.17, 15) is 0 Å². The lowest BCUT2D eigenvalue weighted by atomic mass is 9.96. The number of anilines is 1. The number of benzene rings is 4. The average Bonchev–Trinajstić information content (AvgIpc) is 2.89. The van der Waals surface area contributed by atoms with Gasteiger partial charge in [0.15, 0.2) is 0 Å². The van der Waals surface area contributed by atoms with Crippen molar-refractivity contribution < 1.29 is 4.74 Å². The lowest BCUT2D eigenvalue weighted by Gasteiger charge is -2.23. The lowest BCUT2D eigenvalue weighted by molar-refractivity contribution is 0.303. The van der Waals surface area contributed by atoms with Crippen molar-refractivity contribution in [3.63, 3.8) is 0 Å². The van der Waals surface area contributed by atoms with E-state index in [1.807, 2.05) is 36.4 Å². The van der Waals surface area contributed by atoms with Crippen molar-refractivity contribution in [2.45, 2.75) is 26.6 Å². The minimum atomic E-state index is 0.383. The fourth-order valence-electron chi connectivity index (χ4n) is 4.11. The highest BCUT2D eigenvalue weighted by Gasteiger charge is 2.12. The lowest BCUT2D eigenvalue weighted by Crippen LogP contribution is -2.17. The summed E-state index contributed by atoms with van der Waals surface area (Å²) in [6.45, 7) is 3.74. The zero-order chi connectivity index (χ0) is 23.9. The topological polar surface area (TPSA) is 62.3 Å². The minimum absolute atomic E-state index is 0.383. The largest absolute Gasteiger partial charge is 0.488 e. The molecular weight excluding hydrogens is 418 g/mol. The molecule has 4 aromatic rings. The smallest absolute Gasteiger partial charge is 0.126 e. The SMILES string of the molecule is Cc1c(CN(C)c2ccc(CN)c(OCc3cccc(C#N)c3)c2)cccc1-c1ccccc1. The molecule has 2 N–H and O–H groups in total. The summed E-state index contributed by atoms with van der Waals surface area (Å²) in [5.41, 5.74) is 14.6. The van der Waals surface area contributed by atoms with Gasteiger partial charge in [0.2, 0.25) is 0 Å². The number of nitrogens with zero attached hydrogens (tertiary/aromatic N) is 2. The molecule has 0 saturated carbocycles. The van der Waals surface area contributed by atoms with Crippen molar-refractivity contribution >= 4 is 5.69 Å². The van der Waals surface area contributed by atoms with Crippen LogP contribution in [-0.2, 0) is 19.7 Å². The van der Waals surface area contributed by atoms with Crippen LogP contribution in [0.25, 0.3) is 11.1 Å². The summed E-state index contributed by atoms with van der Waals surface area (Å²) in [6, 6.07) is 32.8. The van der Waals surface area contributed by atoms with Gasteiger partial charge in [-0.15, -0.1) is 0 Å². The van der Waals surface area contributed by atoms with E-state index in [1.54, 1.807) is 6.07 Å². The van der Waals surface area contributed by atoms with Crippen molar-refractivity contribution in [3.05, 3.63) is 119 Å². The molecule has 0 fully saturated rings. The summed E-state index contributed by atoms with van der Waals surface area (Å²) >= 11 is 0. The van der Waals surface area contributed by atoms with E-state index in [-0.39, 0.29) is 0 Å². The van der Waals surface area contributed by atoms with Gasteiger partial charge in [-0.2, -0.15) is 5.26 Å². The van der Waals surface area contributed by atoms with Crippen molar-refractivity contribution in [2.75, 3.05) is 11.9 Å². The third kappa shape index (κ3) is 5.28. The Morgan fingerprint density at radius 3 is 2.44 bits per heavy atom. The molecule has 0 aliphatic rings. The summed E-state index contributed by atoms with van der Waals surface area (Å²) in [7, 11) is 2.09. The first-order chi connectivity index (χ1) is 16.6. The predicted octanol–water partition coefficient (Wildman–Crippen LogP) is 6.21. The Bertz CT molecular complexity index is 1310. The van der Waals surface area contributed by atoms with Gasteiger partial charge in [-0.3, -0.25) is 0 Å². The highest BCUT2D eigenvalue weighted by molar-refractivity contribution is 5.68. The fourth-order valence-corrected chi connectivity index (χ4v) is 4.11. The molecule has 0 radical (unpaired) electrons. The molecule has 0 heterocycles. The molecule has 170 valence electrons. The maximum atomic E-state index is 9.14. The first-order valence-electron chi connectivity index (χ1n) is 11.4. The van der Waals surface area contributed by atoms with E-state index >= 15 is 0 Å². The third-order valence-electron chi connectivity index (χ3n) is 6.10. The van der Waals surface area contributed by atoms with E-state index in [0.29, 0.717) is 18.7 Å². The van der Waals surface area contributed by atoms with Crippen molar-refractivity contribution in [3.8, 4) is 22.9 Å². The highest BCUT2D eigenvalue weighted by atomic mass is 16.5. The van der Waals surface area contributed by atoms with Crippen molar-refractivity contribution in [2.24, 2.45) is 5.73 Å². The Kier molecular flexibility index (Phi) is 7.27. The van der Waals surface area contributed by atoms with Gasteiger partial charge in [0, 0.05) is 37.5 Å². The van der Waals surface area contributed by atoms with Crippen molar-refractivity contribution in [1.82, 2.24) is 0 Å². The summed E-state index contributed by atoms with van der Waals surface area (Å²) in [4.78, 5) is 2.22. The van der Waals surface area contributed by atoms with Crippen LogP contribution >= 0.6 is 0 Å². The van der Waals surface area contributed by atoms with Gasteiger partial charge in [0.1, 0.15) is 12.4 Å². The monoisotopic (exact) mass is 447 g/mol. The number of ether oxygens (including phenoxy) is 1. The highest BCUT2D eigenvalue weighted by Crippen LogP contribution is 2.30. The second kappa shape index (κ2) is 10.7. The number of rotatable bonds is 8. The normalized spacial score (nSPS) is 10.5. The summed E-state index contributed by atoms with van der Waals surface area (Å²) < 4.78 is 6.14. The van der Waals surface area contributed by atoms with E-state index < -0.39 is 0 Å². The molecule has 0 aliphatic heterocycles. The van der Waals surface area contributed by atoms with Gasteiger partial charge >= 0.3 is 0 Å². The second-order valence-electron chi connectivity index (χ2n) is 8.41. The first kappa shape index (κ1) is 23.1. The molecule has 0 aromatic heterocycles. The van der Waals surface area contributed by atoms with Crippen LogP contribution in [0.5, 0.6) is 5.75 Å². The second-order valence-corrected chi connectivity index (χ2v) is 8.41. The Morgan fingerprint density at radius 2 is 1.68 bits per heavy atom. The van der Waals surface area contributed by atoms with Gasteiger partial charge in [0.25, 0.3) is 0 Å². The minimum Gasteiger partial charge on any atom is -0.488 e. The molecule has 0 aliphatic carbocycles. The molecule has 34 heavy (non-hydrogen) atoms. The Morgan fingerprint density at radius 1 is 0.882 bits per heavy atom. The molecule has 0 atom stereocenters. The molecular formula is C30H29N3O. The number of hydrogen-bond donors (Lipinski definition) is 1. The summed E-state index contributed by atoms with van der Waals surface area (Å²) in [5, 5.41) is 9.14. The molecule has 4 heteroatoms. The van der Waals surface area contributed by atoms with E-state index in [1.165, 1.54) is 22.3 Å². The standard InChI is InChI=1S/C30H29N3O/c1-22-27(12-7-13-29(22)25-10-4-3-5-11-25)20-33(2)28-15-14-26(19-32)30(17-28)34-21-24-9-6-8-23(16-24)18-31/h3-17H,19-21,32H2,1-2H3. The molecule has 4 rings (SSSR count). The molecule has 0 amide bonds. The molecule has 0 spiro atoms. The maximum Gasteiger partial charge on any atom is 0.126 e. The number of nitriles is 1. The molecule has 4 aromatic carbocycles. The van der Waals surface area contributed by atoms with Gasteiger partial charge in [-0.1, -0.05) is 66.7 Å². The maximum absolute atomic E-state index is 9.14. The predicted molar refractivity (Wildman–Crippen MR) is 139 cm³/mol. The zero-order valence-electron chi connectivity index (χ0n) is 19.7. The molecule has 0 bridgehead atoms. The van der Waals surface area contributed by atoms with Crippen molar-refractivity contribution in [1.29, 1.82) is 5.26 Å². The van der Waals surface area contributed by atoms with Gasteiger partial charge in [-0.25, -0.2) is 0 Å². The molecule has 4 nitrogen and oxygen atoms in total. The molecule has 0 unspecified atom stereocenters. The Balaban J connectivity index is 1.54. The van der Waals surface area contributed by atoms with Crippen LogP contribution < -0.4 is 15.4 Å². The Hall–Kier alpha value is -4.07. The third-order valence-corrected chi connectivity index (χ3v) is 6.10. The van der Waals surface area contributed by atoms with Gasteiger partial charge in [-0.05, 0) is 52.9 Å². The first-order valence-corrected chi connectivity index (χ1v) is 11.4. The Labute approximate surface area is 201 Å². The average molecular weight is 448 g/mol. The summed E-state index contributed by atoms with van der Waals surface area (Å²) in [5.74, 6) is 0.768. The van der Waals surface area contributed by atoms with E-state index in [0.717, 1.165) is 29.1 Å². The zero-order valence-corrected chi connectivity index (χ0v) is 19.7. The van der Waals surface area contributed by atoms with Crippen LogP contribution in [0.1, 0.15) is 27.8 Å². The van der Waals surface area contributed by atoms with Crippen LogP contribution in [0.2, 0.25) is 0 Å². The number of hydrogen-bond acceptors (Lipinski definition) is 4. The van der Waals surface area contributed by atoms with Crippen LogP contribution in [-0.4, -0.2) is 7.05 Å². The molecule has 0 saturated heterocycles.